The fraction of sp³-hybridized carbons (Fsp3) is 0.385. The lowest BCUT2D eigenvalue weighted by atomic mass is 9.92. The number of hydrogen-bond acceptors (Lipinski definition) is 4. The summed E-state index contributed by atoms with van der Waals surface area (Å²) in [5, 5.41) is 9.00. The van der Waals surface area contributed by atoms with Crippen LogP contribution in [0.5, 0.6) is 0 Å². The zero-order chi connectivity index (χ0) is 13.3. The number of carbonyl (C=O) groups is 2. The van der Waals surface area contributed by atoms with E-state index in [9.17, 15) is 9.59 Å². The third-order valence-electron chi connectivity index (χ3n) is 2.99. The second kappa shape index (κ2) is 4.74. The van der Waals surface area contributed by atoms with Crippen LogP contribution in [0.1, 0.15) is 29.3 Å². The monoisotopic (exact) mass is 265 g/mol. The standard InChI is InChI=1S/C13H15NO3S/c1-13(14,12(16)17)7-8-2-3-11-9(6-8)10(15)4-5-18-11/h2-3,6H,4-5,7,14H2,1H3,(H,16,17). The number of rotatable bonds is 3. The third-order valence-corrected chi connectivity index (χ3v) is 4.07. The molecule has 5 heteroatoms. The van der Waals surface area contributed by atoms with Gasteiger partial charge in [-0.3, -0.25) is 9.59 Å². The summed E-state index contributed by atoms with van der Waals surface area (Å²) in [6.45, 7) is 1.48. The van der Waals surface area contributed by atoms with Gasteiger partial charge in [-0.25, -0.2) is 0 Å². The van der Waals surface area contributed by atoms with Gasteiger partial charge in [0.15, 0.2) is 5.78 Å². The van der Waals surface area contributed by atoms with Crippen LogP contribution >= 0.6 is 11.8 Å². The van der Waals surface area contributed by atoms with Crippen molar-refractivity contribution < 1.29 is 14.7 Å². The summed E-state index contributed by atoms with van der Waals surface area (Å²) in [6.07, 6.45) is 0.757. The molecule has 4 nitrogen and oxygen atoms in total. The molecule has 1 unspecified atom stereocenters. The highest BCUT2D eigenvalue weighted by atomic mass is 32.2. The van der Waals surface area contributed by atoms with Gasteiger partial charge < -0.3 is 10.8 Å². The molecule has 0 aromatic heterocycles. The van der Waals surface area contributed by atoms with E-state index in [1.54, 1.807) is 17.8 Å². The van der Waals surface area contributed by atoms with Crippen molar-refractivity contribution in [2.75, 3.05) is 5.75 Å². The molecule has 2 rings (SSSR count). The maximum atomic E-state index is 11.8. The lowest BCUT2D eigenvalue weighted by molar-refractivity contribution is -0.142. The van der Waals surface area contributed by atoms with Gasteiger partial charge >= 0.3 is 5.97 Å². The van der Waals surface area contributed by atoms with Gasteiger partial charge in [-0.05, 0) is 24.6 Å². The van der Waals surface area contributed by atoms with Gasteiger partial charge in [-0.2, -0.15) is 0 Å². The van der Waals surface area contributed by atoms with E-state index >= 15 is 0 Å². The number of aliphatic carboxylic acids is 1. The minimum Gasteiger partial charge on any atom is -0.480 e. The van der Waals surface area contributed by atoms with Crippen LogP contribution in [0.2, 0.25) is 0 Å². The number of benzene rings is 1. The zero-order valence-electron chi connectivity index (χ0n) is 10.1. The van der Waals surface area contributed by atoms with Crippen molar-refractivity contribution in [2.45, 2.75) is 30.2 Å². The second-order valence-corrected chi connectivity index (χ2v) is 5.89. The van der Waals surface area contributed by atoms with Gasteiger partial charge in [0.25, 0.3) is 0 Å². The van der Waals surface area contributed by atoms with Crippen LogP contribution < -0.4 is 5.73 Å². The van der Waals surface area contributed by atoms with Gasteiger partial charge in [0.05, 0.1) is 0 Å². The van der Waals surface area contributed by atoms with Crippen molar-refractivity contribution in [1.82, 2.24) is 0 Å². The lowest BCUT2D eigenvalue weighted by Crippen LogP contribution is -2.46. The van der Waals surface area contributed by atoms with Crippen molar-refractivity contribution in [3.05, 3.63) is 29.3 Å². The Hall–Kier alpha value is -1.33. The molecule has 1 aliphatic heterocycles. The predicted octanol–water partition coefficient (Wildman–Crippen LogP) is 1.71. The number of thioether (sulfide) groups is 1. The first-order valence-corrected chi connectivity index (χ1v) is 6.70. The quantitative estimate of drug-likeness (QED) is 0.869. The smallest absolute Gasteiger partial charge is 0.323 e. The predicted molar refractivity (Wildman–Crippen MR) is 70.0 cm³/mol. The molecule has 1 heterocycles. The van der Waals surface area contributed by atoms with Crippen molar-refractivity contribution in [3.63, 3.8) is 0 Å². The number of carboxylic acids is 1. The molecule has 0 aliphatic carbocycles. The number of carbonyl (C=O) groups excluding carboxylic acids is 1. The maximum Gasteiger partial charge on any atom is 0.323 e. The normalized spacial score (nSPS) is 18.0. The van der Waals surface area contributed by atoms with Gasteiger partial charge in [0, 0.05) is 29.1 Å². The summed E-state index contributed by atoms with van der Waals surface area (Å²) in [6, 6.07) is 5.50. The Morgan fingerprint density at radius 2 is 2.28 bits per heavy atom. The molecule has 0 radical (unpaired) electrons. The third kappa shape index (κ3) is 2.57. The van der Waals surface area contributed by atoms with E-state index in [0.29, 0.717) is 12.0 Å². The fourth-order valence-corrected chi connectivity index (χ4v) is 2.92. The molecule has 3 N–H and O–H groups in total. The van der Waals surface area contributed by atoms with Crippen LogP contribution in [-0.4, -0.2) is 28.2 Å². The number of Topliss-reactive ketones (excluding diaryl/α,β-unsaturated/α-hetero) is 1. The summed E-state index contributed by atoms with van der Waals surface area (Å²) in [4.78, 5) is 23.7. The molecular formula is C13H15NO3S. The molecule has 0 bridgehead atoms. The molecule has 18 heavy (non-hydrogen) atoms. The molecule has 0 saturated carbocycles. The highest BCUT2D eigenvalue weighted by Gasteiger charge is 2.29. The molecular weight excluding hydrogens is 250 g/mol. The number of hydrogen-bond donors (Lipinski definition) is 2. The van der Waals surface area contributed by atoms with Crippen LogP contribution in [0.25, 0.3) is 0 Å². The Morgan fingerprint density at radius 1 is 1.56 bits per heavy atom. The molecule has 0 spiro atoms. The largest absolute Gasteiger partial charge is 0.480 e. The Labute approximate surface area is 110 Å². The van der Waals surface area contributed by atoms with E-state index in [1.165, 1.54) is 6.92 Å². The molecule has 1 aliphatic rings. The Balaban J connectivity index is 2.29. The van der Waals surface area contributed by atoms with Gasteiger partial charge in [-0.15, -0.1) is 11.8 Å². The summed E-state index contributed by atoms with van der Waals surface area (Å²) >= 11 is 1.66. The van der Waals surface area contributed by atoms with E-state index in [2.05, 4.69) is 0 Å². The van der Waals surface area contributed by atoms with Crippen molar-refractivity contribution in [1.29, 1.82) is 0 Å². The van der Waals surface area contributed by atoms with Crippen molar-refractivity contribution in [2.24, 2.45) is 5.73 Å². The van der Waals surface area contributed by atoms with E-state index < -0.39 is 11.5 Å². The van der Waals surface area contributed by atoms with Crippen molar-refractivity contribution >= 4 is 23.5 Å². The van der Waals surface area contributed by atoms with E-state index in [1.807, 2.05) is 12.1 Å². The zero-order valence-corrected chi connectivity index (χ0v) is 10.9. The van der Waals surface area contributed by atoms with Crippen LogP contribution in [0.15, 0.2) is 23.1 Å². The lowest BCUT2D eigenvalue weighted by Gasteiger charge is -2.21. The minimum atomic E-state index is -1.31. The average molecular weight is 265 g/mol. The minimum absolute atomic E-state index is 0.125. The molecule has 1 aromatic rings. The number of carboxylic acid groups (broad SMARTS) is 1. The summed E-state index contributed by atoms with van der Waals surface area (Å²) < 4.78 is 0. The topological polar surface area (TPSA) is 80.4 Å². The first-order chi connectivity index (χ1) is 8.40. The highest BCUT2D eigenvalue weighted by molar-refractivity contribution is 7.99. The van der Waals surface area contributed by atoms with Gasteiger partial charge in [-0.1, -0.05) is 6.07 Å². The first-order valence-electron chi connectivity index (χ1n) is 5.71. The molecule has 1 atom stereocenters. The Kier molecular flexibility index (Phi) is 3.45. The SMILES string of the molecule is CC(N)(Cc1ccc2c(c1)C(=O)CCS2)C(=O)O. The summed E-state index contributed by atoms with van der Waals surface area (Å²) in [5.41, 5.74) is 5.89. The van der Waals surface area contributed by atoms with Crippen molar-refractivity contribution in [3.8, 4) is 0 Å². The van der Waals surface area contributed by atoms with Crippen LogP contribution in [0.4, 0.5) is 0 Å². The van der Waals surface area contributed by atoms with Crippen LogP contribution in [0, 0.1) is 0 Å². The summed E-state index contributed by atoms with van der Waals surface area (Å²) in [5.74, 6) is -0.102. The molecule has 1 aromatic carbocycles. The van der Waals surface area contributed by atoms with Gasteiger partial charge in [0.1, 0.15) is 5.54 Å². The van der Waals surface area contributed by atoms with Gasteiger partial charge in [0.2, 0.25) is 0 Å². The number of ketones is 1. The van der Waals surface area contributed by atoms with E-state index in [0.717, 1.165) is 16.2 Å². The summed E-state index contributed by atoms with van der Waals surface area (Å²) in [7, 11) is 0. The Bertz CT molecular complexity index is 511. The highest BCUT2D eigenvalue weighted by Crippen LogP contribution is 2.31. The molecule has 0 fully saturated rings. The second-order valence-electron chi connectivity index (χ2n) is 4.75. The first kappa shape index (κ1) is 13.1. The van der Waals surface area contributed by atoms with E-state index in [-0.39, 0.29) is 12.2 Å². The van der Waals surface area contributed by atoms with E-state index in [4.69, 9.17) is 10.8 Å². The molecule has 96 valence electrons. The maximum absolute atomic E-state index is 11.8. The van der Waals surface area contributed by atoms with Crippen LogP contribution in [-0.2, 0) is 11.2 Å². The van der Waals surface area contributed by atoms with Crippen LogP contribution in [0.3, 0.4) is 0 Å². The number of nitrogens with two attached hydrogens (primary N) is 1. The number of fused-ring (bicyclic) bond motifs is 1. The molecule has 0 amide bonds. The average Bonchev–Trinajstić information content (AvgIpc) is 2.29. The Morgan fingerprint density at radius 3 is 2.94 bits per heavy atom. The fourth-order valence-electron chi connectivity index (χ4n) is 1.92. The molecule has 0 saturated heterocycles.